The van der Waals surface area contributed by atoms with Gasteiger partial charge in [0.15, 0.2) is 0 Å². The van der Waals surface area contributed by atoms with Gasteiger partial charge in [-0.2, -0.15) is 5.06 Å². The van der Waals surface area contributed by atoms with Crippen LogP contribution in [0.15, 0.2) is 30.3 Å². The molecule has 0 aromatic heterocycles. The van der Waals surface area contributed by atoms with Crippen LogP contribution in [0, 0.1) is 0 Å². The second kappa shape index (κ2) is 4.76. The Labute approximate surface area is 92.5 Å². The van der Waals surface area contributed by atoms with Crippen LogP contribution in [0.25, 0.3) is 0 Å². The first-order valence-electron chi connectivity index (χ1n) is 4.93. The maximum absolute atomic E-state index is 11.6. The Morgan fingerprint density at radius 1 is 1.31 bits per heavy atom. The van der Waals surface area contributed by atoms with Crippen LogP contribution in [0.3, 0.4) is 0 Å². The van der Waals surface area contributed by atoms with Gasteiger partial charge in [0, 0.05) is 0 Å². The summed E-state index contributed by atoms with van der Waals surface area (Å²) in [6.45, 7) is 0.618. The summed E-state index contributed by atoms with van der Waals surface area (Å²) >= 11 is 0. The van der Waals surface area contributed by atoms with Crippen molar-refractivity contribution >= 4 is 11.9 Å². The molecule has 16 heavy (non-hydrogen) atoms. The van der Waals surface area contributed by atoms with E-state index >= 15 is 0 Å². The van der Waals surface area contributed by atoms with Crippen LogP contribution in [0.2, 0.25) is 0 Å². The van der Waals surface area contributed by atoms with E-state index in [2.05, 4.69) is 0 Å². The fraction of sp³-hybridized carbons (Fsp3) is 0.273. The number of hydroxylamine groups is 2. The summed E-state index contributed by atoms with van der Waals surface area (Å²) in [4.78, 5) is 27.8. The second-order valence-electron chi connectivity index (χ2n) is 3.29. The van der Waals surface area contributed by atoms with Crippen LogP contribution in [0.4, 0.5) is 0 Å². The van der Waals surface area contributed by atoms with E-state index in [1.165, 1.54) is 0 Å². The SMILES string of the molecule is O=C(ON1CCOCC1=O)c1ccccc1. The number of carbonyl (C=O) groups is 2. The lowest BCUT2D eigenvalue weighted by atomic mass is 10.2. The van der Waals surface area contributed by atoms with Crippen molar-refractivity contribution in [2.24, 2.45) is 0 Å². The molecule has 0 spiro atoms. The van der Waals surface area contributed by atoms with Crippen molar-refractivity contribution in [1.82, 2.24) is 5.06 Å². The number of nitrogens with zero attached hydrogens (tertiary/aromatic N) is 1. The number of ether oxygens (including phenoxy) is 1. The summed E-state index contributed by atoms with van der Waals surface area (Å²) in [5, 5.41) is 1.04. The Morgan fingerprint density at radius 2 is 2.06 bits per heavy atom. The van der Waals surface area contributed by atoms with Gasteiger partial charge < -0.3 is 9.57 Å². The highest BCUT2D eigenvalue weighted by atomic mass is 16.7. The Kier molecular flexibility index (Phi) is 3.16. The molecule has 0 saturated carbocycles. The first kappa shape index (κ1) is 10.6. The maximum atomic E-state index is 11.6. The van der Waals surface area contributed by atoms with Crippen molar-refractivity contribution in [1.29, 1.82) is 0 Å². The zero-order valence-electron chi connectivity index (χ0n) is 8.59. The average molecular weight is 221 g/mol. The molecule has 0 atom stereocenters. The lowest BCUT2D eigenvalue weighted by molar-refractivity contribution is -0.185. The smallest absolute Gasteiger partial charge is 0.363 e. The van der Waals surface area contributed by atoms with Crippen LogP contribution in [0.5, 0.6) is 0 Å². The third-order valence-electron chi connectivity index (χ3n) is 2.15. The molecule has 1 aromatic rings. The summed E-state index contributed by atoms with van der Waals surface area (Å²) in [6.07, 6.45) is 0. The van der Waals surface area contributed by atoms with Gasteiger partial charge in [0.1, 0.15) is 6.61 Å². The van der Waals surface area contributed by atoms with Gasteiger partial charge in [-0.3, -0.25) is 4.79 Å². The fourth-order valence-electron chi connectivity index (χ4n) is 1.33. The quantitative estimate of drug-likeness (QED) is 0.734. The Hall–Kier alpha value is -1.88. The van der Waals surface area contributed by atoms with E-state index in [4.69, 9.17) is 9.57 Å². The van der Waals surface area contributed by atoms with Crippen LogP contribution < -0.4 is 0 Å². The van der Waals surface area contributed by atoms with Gasteiger partial charge in [-0.15, -0.1) is 0 Å². The molecule has 1 saturated heterocycles. The monoisotopic (exact) mass is 221 g/mol. The van der Waals surface area contributed by atoms with Gasteiger partial charge in [-0.25, -0.2) is 4.79 Å². The molecule has 1 aromatic carbocycles. The Balaban J connectivity index is 1.99. The molecule has 1 amide bonds. The zero-order chi connectivity index (χ0) is 11.4. The molecule has 0 bridgehead atoms. The summed E-state index contributed by atoms with van der Waals surface area (Å²) < 4.78 is 4.92. The largest absolute Gasteiger partial charge is 0.370 e. The molecule has 0 N–H and O–H groups in total. The Morgan fingerprint density at radius 3 is 2.75 bits per heavy atom. The highest BCUT2D eigenvalue weighted by Gasteiger charge is 2.23. The topological polar surface area (TPSA) is 55.8 Å². The first-order chi connectivity index (χ1) is 7.77. The molecule has 1 fully saturated rings. The number of hydrogen-bond acceptors (Lipinski definition) is 4. The van der Waals surface area contributed by atoms with Gasteiger partial charge in [-0.05, 0) is 12.1 Å². The van der Waals surface area contributed by atoms with E-state index in [1.54, 1.807) is 30.3 Å². The summed E-state index contributed by atoms with van der Waals surface area (Å²) in [7, 11) is 0. The number of benzene rings is 1. The lowest BCUT2D eigenvalue weighted by Crippen LogP contribution is -2.42. The van der Waals surface area contributed by atoms with Crippen LogP contribution >= 0.6 is 0 Å². The molecule has 2 rings (SSSR count). The van der Waals surface area contributed by atoms with Crippen molar-refractivity contribution in [3.63, 3.8) is 0 Å². The normalized spacial score (nSPS) is 16.0. The predicted octanol–water partition coefficient (Wildman–Crippen LogP) is 0.617. The van der Waals surface area contributed by atoms with E-state index in [0.29, 0.717) is 12.2 Å². The summed E-state index contributed by atoms with van der Waals surface area (Å²) in [5.74, 6) is -0.869. The van der Waals surface area contributed by atoms with E-state index in [1.807, 2.05) is 0 Å². The van der Waals surface area contributed by atoms with Gasteiger partial charge in [0.2, 0.25) is 0 Å². The van der Waals surface area contributed by atoms with Crippen molar-refractivity contribution in [2.45, 2.75) is 0 Å². The van der Waals surface area contributed by atoms with E-state index in [-0.39, 0.29) is 19.1 Å². The van der Waals surface area contributed by atoms with Crippen LogP contribution in [-0.2, 0) is 14.4 Å². The minimum atomic E-state index is -0.532. The first-order valence-corrected chi connectivity index (χ1v) is 4.93. The molecule has 0 radical (unpaired) electrons. The highest BCUT2D eigenvalue weighted by Crippen LogP contribution is 2.06. The molecule has 0 aliphatic carbocycles. The predicted molar refractivity (Wildman–Crippen MR) is 54.4 cm³/mol. The molecule has 5 heteroatoms. The van der Waals surface area contributed by atoms with Crippen molar-refractivity contribution in [2.75, 3.05) is 19.8 Å². The molecule has 84 valence electrons. The zero-order valence-corrected chi connectivity index (χ0v) is 8.59. The molecule has 5 nitrogen and oxygen atoms in total. The fourth-order valence-corrected chi connectivity index (χ4v) is 1.33. The van der Waals surface area contributed by atoms with Gasteiger partial charge in [0.25, 0.3) is 5.91 Å². The van der Waals surface area contributed by atoms with E-state index in [0.717, 1.165) is 5.06 Å². The maximum Gasteiger partial charge on any atom is 0.363 e. The number of amides is 1. The second-order valence-corrected chi connectivity index (χ2v) is 3.29. The summed E-state index contributed by atoms with van der Waals surface area (Å²) in [5.41, 5.74) is 0.418. The third kappa shape index (κ3) is 2.38. The minimum Gasteiger partial charge on any atom is -0.370 e. The average Bonchev–Trinajstić information content (AvgIpc) is 2.33. The molecular weight excluding hydrogens is 210 g/mol. The molecule has 1 heterocycles. The van der Waals surface area contributed by atoms with Crippen molar-refractivity contribution in [3.8, 4) is 0 Å². The Bertz CT molecular complexity index is 390. The minimum absolute atomic E-state index is 0.0396. The van der Waals surface area contributed by atoms with Crippen molar-refractivity contribution in [3.05, 3.63) is 35.9 Å². The number of morpholine rings is 1. The number of carbonyl (C=O) groups excluding carboxylic acids is 2. The number of hydrogen-bond donors (Lipinski definition) is 0. The standard InChI is InChI=1S/C11H11NO4/c13-10-8-15-7-6-12(10)16-11(14)9-4-2-1-3-5-9/h1-5H,6-8H2. The van der Waals surface area contributed by atoms with E-state index in [9.17, 15) is 9.59 Å². The van der Waals surface area contributed by atoms with Crippen molar-refractivity contribution < 1.29 is 19.2 Å². The number of rotatable bonds is 2. The summed E-state index contributed by atoms with van der Waals surface area (Å²) in [6, 6.07) is 8.53. The molecular formula is C11H11NO4. The molecule has 0 unspecified atom stereocenters. The van der Waals surface area contributed by atoms with Crippen LogP contribution in [0.1, 0.15) is 10.4 Å². The van der Waals surface area contributed by atoms with Gasteiger partial charge in [0.05, 0.1) is 18.7 Å². The lowest BCUT2D eigenvalue weighted by Gasteiger charge is -2.24. The van der Waals surface area contributed by atoms with Gasteiger partial charge >= 0.3 is 5.97 Å². The highest BCUT2D eigenvalue weighted by molar-refractivity contribution is 5.90. The molecule has 1 aliphatic rings. The third-order valence-corrected chi connectivity index (χ3v) is 2.15. The molecule has 1 aliphatic heterocycles. The van der Waals surface area contributed by atoms with E-state index < -0.39 is 5.97 Å². The van der Waals surface area contributed by atoms with Crippen LogP contribution in [-0.4, -0.2) is 36.7 Å². The van der Waals surface area contributed by atoms with Gasteiger partial charge in [-0.1, -0.05) is 18.2 Å².